The van der Waals surface area contributed by atoms with Gasteiger partial charge in [-0.2, -0.15) is 0 Å². The number of ketones is 1. The van der Waals surface area contributed by atoms with Crippen LogP contribution in [0.5, 0.6) is 0 Å². The van der Waals surface area contributed by atoms with Gasteiger partial charge in [-0.1, -0.05) is 67.3 Å². The topological polar surface area (TPSA) is 58.1 Å². The van der Waals surface area contributed by atoms with Gasteiger partial charge in [-0.15, -0.1) is 10.2 Å². The van der Waals surface area contributed by atoms with Gasteiger partial charge >= 0.3 is 0 Å². The summed E-state index contributed by atoms with van der Waals surface area (Å²) in [5.74, 6) is -0.0764. The molecule has 0 unspecified atom stereocenters. The number of carbonyl (C=O) groups is 1. The quantitative estimate of drug-likeness (QED) is 0.409. The Hall–Kier alpha value is -2.71. The molecule has 0 bridgehead atoms. The van der Waals surface area contributed by atoms with Crippen LogP contribution in [0.1, 0.15) is 19.4 Å². The van der Waals surface area contributed by atoms with Gasteiger partial charge in [0, 0.05) is 29.9 Å². The fourth-order valence-corrected chi connectivity index (χ4v) is 5.17. The summed E-state index contributed by atoms with van der Waals surface area (Å²) in [6.45, 7) is 4.26. The summed E-state index contributed by atoms with van der Waals surface area (Å²) in [6, 6.07) is 14.6. The van der Waals surface area contributed by atoms with Gasteiger partial charge in [-0.05, 0) is 23.8 Å². The number of carbonyl (C=O) groups excluding carboxylic acids is 1. The second-order valence-electron chi connectivity index (χ2n) is 7.46. The average Bonchev–Trinajstić information content (AvgIpc) is 3.25. The molecule has 0 radical (unpaired) electrons. The highest BCUT2D eigenvalue weighted by molar-refractivity contribution is 8.01. The van der Waals surface area contributed by atoms with E-state index in [1.54, 1.807) is 24.3 Å². The van der Waals surface area contributed by atoms with Gasteiger partial charge < -0.3 is 10.2 Å². The van der Waals surface area contributed by atoms with E-state index in [-0.39, 0.29) is 22.8 Å². The number of hydrogen-bond acceptors (Lipinski definition) is 7. The first-order chi connectivity index (χ1) is 14.4. The summed E-state index contributed by atoms with van der Waals surface area (Å²) in [6.07, 6.45) is 1.73. The zero-order chi connectivity index (χ0) is 21.3. The molecule has 0 spiro atoms. The lowest BCUT2D eigenvalue weighted by Crippen LogP contribution is -2.24. The smallest absolute Gasteiger partial charge is 0.210 e. The van der Waals surface area contributed by atoms with Crippen LogP contribution < -0.4 is 10.2 Å². The van der Waals surface area contributed by atoms with E-state index in [9.17, 15) is 9.18 Å². The first-order valence-corrected chi connectivity index (χ1v) is 11.2. The highest BCUT2D eigenvalue weighted by Gasteiger charge is 2.38. The molecule has 8 heteroatoms. The summed E-state index contributed by atoms with van der Waals surface area (Å²) < 4.78 is 14.4. The monoisotopic (exact) mass is 440 g/mol. The van der Waals surface area contributed by atoms with E-state index in [4.69, 9.17) is 0 Å². The summed E-state index contributed by atoms with van der Waals surface area (Å²) in [5, 5.41) is 11.5. The van der Waals surface area contributed by atoms with Gasteiger partial charge in [0.1, 0.15) is 5.82 Å². The number of aromatic nitrogens is 2. The van der Waals surface area contributed by atoms with Crippen molar-refractivity contribution < 1.29 is 9.18 Å². The third-order valence-electron chi connectivity index (χ3n) is 5.10. The number of nitrogens with one attached hydrogen (secondary N) is 1. The van der Waals surface area contributed by atoms with Crippen molar-refractivity contribution in [1.82, 2.24) is 10.2 Å². The van der Waals surface area contributed by atoms with Crippen LogP contribution in [-0.2, 0) is 10.2 Å². The first-order valence-electron chi connectivity index (χ1n) is 9.42. The number of anilines is 3. The lowest BCUT2D eigenvalue weighted by Gasteiger charge is -2.23. The molecule has 1 aromatic heterocycles. The van der Waals surface area contributed by atoms with Crippen molar-refractivity contribution in [2.45, 2.75) is 23.6 Å². The van der Waals surface area contributed by atoms with Crippen LogP contribution in [0.2, 0.25) is 0 Å². The Balaban J connectivity index is 1.41. The van der Waals surface area contributed by atoms with Crippen LogP contribution in [0.15, 0.2) is 64.6 Å². The zero-order valence-corrected chi connectivity index (χ0v) is 18.5. The summed E-state index contributed by atoms with van der Waals surface area (Å²) in [5.41, 5.74) is 3.44. The summed E-state index contributed by atoms with van der Waals surface area (Å²) in [4.78, 5) is 14.7. The minimum Gasteiger partial charge on any atom is -0.347 e. The predicted octanol–water partition coefficient (Wildman–Crippen LogP) is 5.39. The maximum atomic E-state index is 13.8. The number of halogens is 1. The molecule has 1 aliphatic heterocycles. The van der Waals surface area contributed by atoms with E-state index in [1.165, 1.54) is 34.7 Å². The molecule has 1 aliphatic rings. The zero-order valence-electron chi connectivity index (χ0n) is 16.8. The maximum absolute atomic E-state index is 13.8. The number of likely N-dealkylation sites (N-methyl/N-ethyl adjacent to an activating group) is 1. The average molecular weight is 441 g/mol. The second-order valence-corrected chi connectivity index (χ2v) is 9.66. The van der Waals surface area contributed by atoms with Gasteiger partial charge in [-0.3, -0.25) is 4.79 Å². The number of nitrogens with zero attached hydrogens (tertiary/aromatic N) is 3. The Kier molecular flexibility index (Phi) is 5.62. The van der Waals surface area contributed by atoms with Crippen LogP contribution in [0.3, 0.4) is 0 Å². The highest BCUT2D eigenvalue weighted by atomic mass is 32.2. The molecule has 0 saturated heterocycles. The normalized spacial score (nSPS) is 16.0. The SMILES string of the molecule is CN1C(=CC(=O)CSc2nnc(Nc3ccccc3F)s2)C(C)(C)c2ccccc21. The van der Waals surface area contributed by atoms with E-state index in [2.05, 4.69) is 46.4 Å². The molecule has 5 nitrogen and oxygen atoms in total. The van der Waals surface area contributed by atoms with E-state index in [0.717, 1.165) is 11.4 Å². The molecule has 2 aromatic carbocycles. The van der Waals surface area contributed by atoms with E-state index in [1.807, 2.05) is 19.2 Å². The fraction of sp³-hybridized carbons (Fsp3) is 0.227. The molecular weight excluding hydrogens is 419 g/mol. The van der Waals surface area contributed by atoms with Gasteiger partial charge in [0.2, 0.25) is 5.13 Å². The molecule has 30 heavy (non-hydrogen) atoms. The lowest BCUT2D eigenvalue weighted by molar-refractivity contribution is -0.112. The number of thioether (sulfide) groups is 1. The summed E-state index contributed by atoms with van der Waals surface area (Å²) >= 11 is 2.62. The molecule has 4 rings (SSSR count). The molecule has 2 heterocycles. The molecule has 0 saturated carbocycles. The Morgan fingerprint density at radius 2 is 1.93 bits per heavy atom. The van der Waals surface area contributed by atoms with Crippen LogP contribution >= 0.6 is 23.1 Å². The van der Waals surface area contributed by atoms with Crippen molar-refractivity contribution in [3.8, 4) is 0 Å². The van der Waals surface area contributed by atoms with Crippen molar-refractivity contribution in [1.29, 1.82) is 0 Å². The Morgan fingerprint density at radius 3 is 2.70 bits per heavy atom. The molecule has 0 fully saturated rings. The van der Waals surface area contributed by atoms with Crippen molar-refractivity contribution in [3.63, 3.8) is 0 Å². The molecule has 3 aromatic rings. The van der Waals surface area contributed by atoms with Gasteiger partial charge in [0.05, 0.1) is 11.4 Å². The molecule has 1 N–H and O–H groups in total. The summed E-state index contributed by atoms with van der Waals surface area (Å²) in [7, 11) is 1.99. The van der Waals surface area contributed by atoms with Gasteiger partial charge in [0.25, 0.3) is 0 Å². The third kappa shape index (κ3) is 3.97. The minimum atomic E-state index is -0.354. The largest absolute Gasteiger partial charge is 0.347 e. The van der Waals surface area contributed by atoms with Crippen molar-refractivity contribution >= 4 is 45.4 Å². The standard InChI is InChI=1S/C22H21FN4OS2/c1-22(2)15-8-4-7-11-18(15)27(3)19(22)12-14(28)13-29-21-26-25-20(30-21)24-17-10-6-5-9-16(17)23/h4-12H,13H2,1-3H3,(H,24,25). The lowest BCUT2D eigenvalue weighted by atomic mass is 9.83. The fourth-order valence-electron chi connectivity index (χ4n) is 3.58. The van der Waals surface area contributed by atoms with Crippen LogP contribution in [0, 0.1) is 5.82 Å². The highest BCUT2D eigenvalue weighted by Crippen LogP contribution is 2.46. The number of rotatable bonds is 6. The van der Waals surface area contributed by atoms with Crippen LogP contribution in [0.4, 0.5) is 20.9 Å². The van der Waals surface area contributed by atoms with Crippen LogP contribution in [-0.4, -0.2) is 28.8 Å². The number of fused-ring (bicyclic) bond motifs is 1. The minimum absolute atomic E-state index is 0.0153. The van der Waals surface area contributed by atoms with E-state index < -0.39 is 0 Å². The molecular formula is C22H21FN4OS2. The van der Waals surface area contributed by atoms with E-state index in [0.29, 0.717) is 15.2 Å². The second kappa shape index (κ2) is 8.20. The van der Waals surface area contributed by atoms with Crippen molar-refractivity contribution in [2.75, 3.05) is 23.0 Å². The number of hydrogen-bond donors (Lipinski definition) is 1. The first kappa shape index (κ1) is 20.6. The van der Waals surface area contributed by atoms with Crippen molar-refractivity contribution in [3.05, 3.63) is 71.7 Å². The Bertz CT molecular complexity index is 1130. The van der Waals surface area contributed by atoms with Crippen LogP contribution in [0.25, 0.3) is 0 Å². The Labute approximate surface area is 183 Å². The molecule has 0 atom stereocenters. The Morgan fingerprint density at radius 1 is 1.20 bits per heavy atom. The molecule has 154 valence electrons. The third-order valence-corrected chi connectivity index (χ3v) is 7.09. The predicted molar refractivity (Wildman–Crippen MR) is 121 cm³/mol. The van der Waals surface area contributed by atoms with Crippen molar-refractivity contribution in [2.24, 2.45) is 0 Å². The van der Waals surface area contributed by atoms with Gasteiger partial charge in [-0.25, -0.2) is 4.39 Å². The number of para-hydroxylation sites is 2. The van der Waals surface area contributed by atoms with E-state index >= 15 is 0 Å². The number of benzene rings is 2. The molecule has 0 amide bonds. The molecule has 0 aliphatic carbocycles. The number of allylic oxidation sites excluding steroid dienone is 2. The maximum Gasteiger partial charge on any atom is 0.210 e. The van der Waals surface area contributed by atoms with Gasteiger partial charge in [0.15, 0.2) is 10.1 Å².